The minimum atomic E-state index is -4.80. The number of alkyl halides is 3. The van der Waals surface area contributed by atoms with Gasteiger partial charge in [0.1, 0.15) is 5.82 Å². The van der Waals surface area contributed by atoms with Gasteiger partial charge in [0.25, 0.3) is 5.91 Å². The molecule has 0 N–H and O–H groups in total. The lowest BCUT2D eigenvalue weighted by atomic mass is 9.86. The third-order valence-corrected chi connectivity index (χ3v) is 4.87. The van der Waals surface area contributed by atoms with Gasteiger partial charge in [0.15, 0.2) is 0 Å². The Morgan fingerprint density at radius 1 is 1.17 bits per heavy atom. The Labute approximate surface area is 131 Å². The number of halogens is 4. The highest BCUT2D eigenvalue weighted by Gasteiger charge is 2.44. The van der Waals surface area contributed by atoms with Crippen LogP contribution in [0.25, 0.3) is 0 Å². The number of carbonyl (C=O) groups excluding carboxylic acids is 1. The van der Waals surface area contributed by atoms with Crippen LogP contribution >= 0.6 is 0 Å². The number of carbonyl (C=O) groups is 1. The van der Waals surface area contributed by atoms with Crippen LogP contribution in [0.3, 0.4) is 0 Å². The predicted octanol–water partition coefficient (Wildman–Crippen LogP) is 3.01. The average Bonchev–Trinajstić information content (AvgIpc) is 3.04. The molecule has 1 spiro atoms. The molecule has 1 aromatic rings. The summed E-state index contributed by atoms with van der Waals surface area (Å²) < 4.78 is 51.7. The molecule has 1 atom stereocenters. The van der Waals surface area contributed by atoms with Crippen LogP contribution in [0, 0.1) is 11.2 Å². The van der Waals surface area contributed by atoms with Crippen molar-refractivity contribution in [1.82, 2.24) is 9.80 Å². The molecule has 2 aliphatic rings. The van der Waals surface area contributed by atoms with Crippen LogP contribution in [0.1, 0.15) is 28.8 Å². The van der Waals surface area contributed by atoms with Gasteiger partial charge in [-0.3, -0.25) is 4.79 Å². The number of hydrogen-bond donors (Lipinski definition) is 0. The fourth-order valence-electron chi connectivity index (χ4n) is 3.66. The van der Waals surface area contributed by atoms with Gasteiger partial charge in [0.05, 0.1) is 5.56 Å². The van der Waals surface area contributed by atoms with Crippen molar-refractivity contribution in [3.63, 3.8) is 0 Å². The summed E-state index contributed by atoms with van der Waals surface area (Å²) in [5, 5.41) is 0. The van der Waals surface area contributed by atoms with Gasteiger partial charge in [0.2, 0.25) is 0 Å². The van der Waals surface area contributed by atoms with Crippen molar-refractivity contribution in [3.05, 3.63) is 35.1 Å². The Hall–Kier alpha value is -1.63. The van der Waals surface area contributed by atoms with Crippen LogP contribution in [0.2, 0.25) is 0 Å². The minimum Gasteiger partial charge on any atom is -0.338 e. The van der Waals surface area contributed by atoms with E-state index in [0.717, 1.165) is 32.0 Å². The Balaban J connectivity index is 1.79. The summed E-state index contributed by atoms with van der Waals surface area (Å²) in [6, 6.07) is 2.45. The molecule has 126 valence electrons. The second kappa shape index (κ2) is 5.47. The van der Waals surface area contributed by atoms with E-state index in [9.17, 15) is 22.4 Å². The van der Waals surface area contributed by atoms with E-state index in [4.69, 9.17) is 0 Å². The van der Waals surface area contributed by atoms with Gasteiger partial charge in [0, 0.05) is 30.6 Å². The highest BCUT2D eigenvalue weighted by Crippen LogP contribution is 2.39. The summed E-state index contributed by atoms with van der Waals surface area (Å²) in [5.74, 6) is -1.81. The summed E-state index contributed by atoms with van der Waals surface area (Å²) in [4.78, 5) is 16.3. The molecule has 0 saturated carbocycles. The Morgan fingerprint density at radius 3 is 2.48 bits per heavy atom. The summed E-state index contributed by atoms with van der Waals surface area (Å²) in [6.45, 7) is 2.95. The molecule has 0 aliphatic carbocycles. The lowest BCUT2D eigenvalue weighted by molar-refractivity contribution is -0.140. The Morgan fingerprint density at radius 2 is 1.87 bits per heavy atom. The smallest absolute Gasteiger partial charge is 0.338 e. The number of benzene rings is 1. The molecule has 23 heavy (non-hydrogen) atoms. The predicted molar refractivity (Wildman–Crippen MR) is 76.5 cm³/mol. The molecule has 2 heterocycles. The molecule has 7 heteroatoms. The number of rotatable bonds is 1. The third kappa shape index (κ3) is 3.06. The molecule has 2 aliphatic heterocycles. The summed E-state index contributed by atoms with van der Waals surface area (Å²) >= 11 is 0. The van der Waals surface area contributed by atoms with Gasteiger partial charge in [-0.15, -0.1) is 0 Å². The molecule has 0 aromatic heterocycles. The normalized spacial score (nSPS) is 25.5. The van der Waals surface area contributed by atoms with Crippen LogP contribution in [0.5, 0.6) is 0 Å². The lowest BCUT2D eigenvalue weighted by Gasteiger charge is -2.24. The van der Waals surface area contributed by atoms with Gasteiger partial charge >= 0.3 is 6.18 Å². The summed E-state index contributed by atoms with van der Waals surface area (Å²) in [6.07, 6.45) is -2.96. The maximum atomic E-state index is 13.3. The number of hydrogen-bond acceptors (Lipinski definition) is 2. The van der Waals surface area contributed by atoms with Gasteiger partial charge in [-0.25, -0.2) is 4.39 Å². The van der Waals surface area contributed by atoms with Crippen molar-refractivity contribution in [3.8, 4) is 0 Å². The first-order valence-corrected chi connectivity index (χ1v) is 7.55. The standard InChI is InChI=1S/C16H18F4N2O/c1-21-6-4-15(9-21)5-7-22(10-15)14(23)11-2-3-13(17)12(8-11)16(18,19)20/h2-3,8H,4-7,9-10H2,1H3/t15-/m0/s1. The zero-order valence-corrected chi connectivity index (χ0v) is 12.8. The largest absolute Gasteiger partial charge is 0.419 e. The molecule has 3 nitrogen and oxygen atoms in total. The van der Waals surface area contributed by atoms with Gasteiger partial charge in [-0.2, -0.15) is 13.2 Å². The molecule has 3 rings (SSSR count). The first-order valence-electron chi connectivity index (χ1n) is 7.55. The molecule has 1 aromatic carbocycles. The number of amides is 1. The maximum absolute atomic E-state index is 13.3. The van der Waals surface area contributed by atoms with Crippen molar-refractivity contribution in [1.29, 1.82) is 0 Å². The zero-order chi connectivity index (χ0) is 16.8. The molecule has 0 radical (unpaired) electrons. The van der Waals surface area contributed by atoms with E-state index in [2.05, 4.69) is 4.90 Å². The van der Waals surface area contributed by atoms with Crippen LogP contribution in [-0.2, 0) is 6.18 Å². The maximum Gasteiger partial charge on any atom is 0.419 e. The van der Waals surface area contributed by atoms with E-state index in [-0.39, 0.29) is 11.0 Å². The van der Waals surface area contributed by atoms with Crippen molar-refractivity contribution >= 4 is 5.91 Å². The van der Waals surface area contributed by atoms with Crippen molar-refractivity contribution in [2.24, 2.45) is 5.41 Å². The van der Waals surface area contributed by atoms with E-state index in [1.165, 1.54) is 0 Å². The van der Waals surface area contributed by atoms with Gasteiger partial charge in [-0.1, -0.05) is 0 Å². The van der Waals surface area contributed by atoms with Crippen molar-refractivity contribution < 1.29 is 22.4 Å². The van der Waals surface area contributed by atoms with Gasteiger partial charge in [-0.05, 0) is 44.6 Å². The number of nitrogens with zero attached hydrogens (tertiary/aromatic N) is 2. The molecular formula is C16H18F4N2O. The summed E-state index contributed by atoms with van der Waals surface area (Å²) in [5.41, 5.74) is -1.45. The zero-order valence-electron chi connectivity index (χ0n) is 12.8. The van der Waals surface area contributed by atoms with E-state index < -0.39 is 23.5 Å². The topological polar surface area (TPSA) is 23.6 Å². The summed E-state index contributed by atoms with van der Waals surface area (Å²) in [7, 11) is 2.02. The fraction of sp³-hybridized carbons (Fsp3) is 0.562. The first-order chi connectivity index (χ1) is 10.7. The average molecular weight is 330 g/mol. The molecule has 2 saturated heterocycles. The highest BCUT2D eigenvalue weighted by atomic mass is 19.4. The van der Waals surface area contributed by atoms with E-state index in [0.29, 0.717) is 25.2 Å². The van der Waals surface area contributed by atoms with Crippen molar-refractivity contribution in [2.75, 3.05) is 33.2 Å². The molecule has 0 bridgehead atoms. The second-order valence-electron chi connectivity index (χ2n) is 6.66. The highest BCUT2D eigenvalue weighted by molar-refractivity contribution is 5.94. The van der Waals surface area contributed by atoms with Gasteiger partial charge < -0.3 is 9.80 Å². The lowest BCUT2D eigenvalue weighted by Crippen LogP contribution is -2.33. The van der Waals surface area contributed by atoms with Crippen LogP contribution < -0.4 is 0 Å². The first kappa shape index (κ1) is 16.2. The molecule has 2 fully saturated rings. The Bertz CT molecular complexity index is 631. The van der Waals surface area contributed by atoms with E-state index in [1.54, 1.807) is 4.90 Å². The Kier molecular flexibility index (Phi) is 3.86. The van der Waals surface area contributed by atoms with Crippen molar-refractivity contribution in [2.45, 2.75) is 19.0 Å². The molecule has 0 unspecified atom stereocenters. The van der Waals surface area contributed by atoms with E-state index in [1.807, 2.05) is 7.05 Å². The molecular weight excluding hydrogens is 312 g/mol. The fourth-order valence-corrected chi connectivity index (χ4v) is 3.66. The second-order valence-corrected chi connectivity index (χ2v) is 6.66. The monoisotopic (exact) mass is 330 g/mol. The SMILES string of the molecule is CN1CC[C@]2(CCN(C(=O)c3ccc(F)c(C(F)(F)F)c3)C2)C1. The van der Waals surface area contributed by atoms with E-state index >= 15 is 0 Å². The van der Waals surface area contributed by atoms with Crippen LogP contribution in [0.4, 0.5) is 17.6 Å². The van der Waals surface area contributed by atoms with Crippen LogP contribution in [-0.4, -0.2) is 48.9 Å². The molecule has 1 amide bonds. The third-order valence-electron chi connectivity index (χ3n) is 4.87. The number of likely N-dealkylation sites (tertiary alicyclic amines) is 2. The minimum absolute atomic E-state index is 0.0529. The van der Waals surface area contributed by atoms with Crippen LogP contribution in [0.15, 0.2) is 18.2 Å². The quantitative estimate of drug-likeness (QED) is 0.739.